The fraction of sp³-hybridized carbons (Fsp3) is 0.455. The van der Waals surface area contributed by atoms with E-state index in [0.29, 0.717) is 32.8 Å². The van der Waals surface area contributed by atoms with Gasteiger partial charge in [-0.05, 0) is 24.1 Å². The summed E-state index contributed by atoms with van der Waals surface area (Å²) in [5.74, 6) is 0.724. The molecule has 0 aromatic heterocycles. The fourth-order valence-electron chi connectivity index (χ4n) is 3.58. The van der Waals surface area contributed by atoms with Gasteiger partial charge >= 0.3 is 0 Å². The van der Waals surface area contributed by atoms with Gasteiger partial charge in [0.1, 0.15) is 36.8 Å². The SMILES string of the molecule is OC1C2OCCCOC(C(CNc3ccccc3OCc3ccccc3)O2)C1O. The maximum absolute atomic E-state index is 10.4. The van der Waals surface area contributed by atoms with Crippen molar-refractivity contribution < 1.29 is 29.2 Å². The Morgan fingerprint density at radius 3 is 2.55 bits per heavy atom. The van der Waals surface area contributed by atoms with E-state index in [1.807, 2.05) is 54.6 Å². The van der Waals surface area contributed by atoms with Gasteiger partial charge in [-0.1, -0.05) is 42.5 Å². The summed E-state index contributed by atoms with van der Waals surface area (Å²) in [4.78, 5) is 0. The summed E-state index contributed by atoms with van der Waals surface area (Å²) in [5, 5.41) is 24.0. The molecule has 3 aliphatic rings. The summed E-state index contributed by atoms with van der Waals surface area (Å²) in [6, 6.07) is 17.6. The van der Waals surface area contributed by atoms with Crippen LogP contribution in [0.3, 0.4) is 0 Å². The van der Waals surface area contributed by atoms with Crippen LogP contribution in [-0.2, 0) is 20.8 Å². The lowest BCUT2D eigenvalue weighted by atomic mass is 9.98. The summed E-state index contributed by atoms with van der Waals surface area (Å²) in [5.41, 5.74) is 1.90. The fourth-order valence-corrected chi connectivity index (χ4v) is 3.58. The molecular formula is C22H27NO6. The van der Waals surface area contributed by atoms with Crippen LogP contribution in [0.15, 0.2) is 54.6 Å². The molecule has 3 aliphatic heterocycles. The lowest BCUT2D eigenvalue weighted by molar-refractivity contribution is -0.291. The molecule has 0 spiro atoms. The van der Waals surface area contributed by atoms with E-state index in [4.69, 9.17) is 18.9 Å². The molecule has 5 atom stereocenters. The minimum absolute atomic E-state index is 0.375. The van der Waals surface area contributed by atoms with Crippen molar-refractivity contribution in [2.24, 2.45) is 0 Å². The van der Waals surface area contributed by atoms with Crippen LogP contribution in [0.5, 0.6) is 5.75 Å². The van der Waals surface area contributed by atoms with Crippen LogP contribution in [0.25, 0.3) is 0 Å². The van der Waals surface area contributed by atoms with Gasteiger partial charge in [0.2, 0.25) is 0 Å². The average molecular weight is 401 g/mol. The number of fused-ring (bicyclic) bond motifs is 6. The number of para-hydroxylation sites is 2. The van der Waals surface area contributed by atoms with E-state index >= 15 is 0 Å². The molecule has 3 heterocycles. The molecule has 2 bridgehead atoms. The lowest BCUT2D eigenvalue weighted by Crippen LogP contribution is -2.60. The number of benzene rings is 2. The van der Waals surface area contributed by atoms with Crippen LogP contribution in [0, 0.1) is 0 Å². The van der Waals surface area contributed by atoms with Gasteiger partial charge in [0.25, 0.3) is 0 Å². The van der Waals surface area contributed by atoms with Crippen LogP contribution < -0.4 is 10.1 Å². The van der Waals surface area contributed by atoms with Crippen molar-refractivity contribution in [1.29, 1.82) is 0 Å². The van der Waals surface area contributed by atoms with Gasteiger partial charge in [-0.15, -0.1) is 0 Å². The van der Waals surface area contributed by atoms with Gasteiger partial charge in [-0.3, -0.25) is 0 Å². The number of nitrogens with one attached hydrogen (secondary N) is 1. The Labute approximate surface area is 170 Å². The molecule has 5 rings (SSSR count). The molecule has 2 aromatic rings. The van der Waals surface area contributed by atoms with E-state index in [9.17, 15) is 10.2 Å². The van der Waals surface area contributed by atoms with Gasteiger partial charge < -0.3 is 34.5 Å². The second kappa shape index (κ2) is 9.56. The monoisotopic (exact) mass is 401 g/mol. The highest BCUT2D eigenvalue weighted by molar-refractivity contribution is 5.56. The number of aliphatic hydroxyl groups is 2. The standard InChI is InChI=1S/C22H27NO6/c24-19-20(25)22-27-12-6-11-26-21(19)18(29-22)13-23-16-9-4-5-10-17(16)28-14-15-7-2-1-3-8-15/h1-5,7-10,18-25H,6,11-14H2. The van der Waals surface area contributed by atoms with E-state index in [1.165, 1.54) is 0 Å². The van der Waals surface area contributed by atoms with Gasteiger partial charge in [-0.25, -0.2) is 0 Å². The minimum atomic E-state index is -1.13. The molecular weight excluding hydrogens is 374 g/mol. The highest BCUT2D eigenvalue weighted by atomic mass is 16.7. The molecule has 5 unspecified atom stereocenters. The number of hydrogen-bond donors (Lipinski definition) is 3. The molecule has 7 nitrogen and oxygen atoms in total. The third-order valence-corrected chi connectivity index (χ3v) is 5.14. The van der Waals surface area contributed by atoms with Crippen molar-refractivity contribution in [2.45, 2.75) is 43.7 Å². The van der Waals surface area contributed by atoms with Crippen molar-refractivity contribution in [3.63, 3.8) is 0 Å². The average Bonchev–Trinajstić information content (AvgIpc) is 2.90. The van der Waals surface area contributed by atoms with Crippen LogP contribution in [0.1, 0.15) is 12.0 Å². The highest BCUT2D eigenvalue weighted by Crippen LogP contribution is 2.29. The molecule has 7 heteroatoms. The van der Waals surface area contributed by atoms with Crippen molar-refractivity contribution in [2.75, 3.05) is 25.1 Å². The van der Waals surface area contributed by atoms with Crippen molar-refractivity contribution in [1.82, 2.24) is 0 Å². The first-order valence-corrected chi connectivity index (χ1v) is 9.97. The molecule has 0 amide bonds. The zero-order valence-electron chi connectivity index (χ0n) is 16.1. The third kappa shape index (κ3) is 4.88. The summed E-state index contributed by atoms with van der Waals surface area (Å²) in [6.07, 6.45) is -3.48. The Kier molecular flexibility index (Phi) is 6.63. The Balaban J connectivity index is 1.42. The Bertz CT molecular complexity index is 771. The largest absolute Gasteiger partial charge is 0.487 e. The molecule has 29 heavy (non-hydrogen) atoms. The molecule has 2 aromatic carbocycles. The molecule has 0 radical (unpaired) electrons. The highest BCUT2D eigenvalue weighted by Gasteiger charge is 2.46. The van der Waals surface area contributed by atoms with Gasteiger partial charge in [0, 0.05) is 13.2 Å². The smallest absolute Gasteiger partial charge is 0.186 e. The maximum atomic E-state index is 10.4. The summed E-state index contributed by atoms with van der Waals surface area (Å²) >= 11 is 0. The van der Waals surface area contributed by atoms with Crippen LogP contribution in [-0.4, -0.2) is 60.7 Å². The van der Waals surface area contributed by atoms with Crippen molar-refractivity contribution in [3.8, 4) is 5.75 Å². The minimum Gasteiger partial charge on any atom is -0.487 e. The Morgan fingerprint density at radius 2 is 1.69 bits per heavy atom. The zero-order chi connectivity index (χ0) is 20.1. The maximum Gasteiger partial charge on any atom is 0.186 e. The lowest BCUT2D eigenvalue weighted by Gasteiger charge is -2.41. The molecule has 0 aliphatic carbocycles. The predicted octanol–water partition coefficient (Wildman–Crippen LogP) is 1.93. The first-order valence-electron chi connectivity index (χ1n) is 9.97. The van der Waals surface area contributed by atoms with E-state index in [-0.39, 0.29) is 0 Å². The summed E-state index contributed by atoms with van der Waals surface area (Å²) < 4.78 is 23.2. The number of hydrogen-bond acceptors (Lipinski definition) is 7. The summed E-state index contributed by atoms with van der Waals surface area (Å²) in [7, 11) is 0. The molecule has 3 saturated heterocycles. The first kappa shape index (κ1) is 20.1. The number of ether oxygens (including phenoxy) is 4. The van der Waals surface area contributed by atoms with Crippen molar-refractivity contribution >= 4 is 5.69 Å². The van der Waals surface area contributed by atoms with Crippen LogP contribution in [0.4, 0.5) is 5.69 Å². The molecule has 156 valence electrons. The van der Waals surface area contributed by atoms with E-state index < -0.39 is 30.7 Å². The number of rotatable bonds is 6. The second-order valence-corrected chi connectivity index (χ2v) is 7.24. The number of aliphatic hydroxyl groups excluding tert-OH is 2. The molecule has 3 N–H and O–H groups in total. The molecule has 0 saturated carbocycles. The topological polar surface area (TPSA) is 89.4 Å². The van der Waals surface area contributed by atoms with E-state index in [2.05, 4.69) is 5.32 Å². The molecule has 3 fully saturated rings. The van der Waals surface area contributed by atoms with E-state index in [1.54, 1.807) is 0 Å². The first-order chi connectivity index (χ1) is 14.2. The van der Waals surface area contributed by atoms with Crippen LogP contribution in [0.2, 0.25) is 0 Å². The Morgan fingerprint density at radius 1 is 0.931 bits per heavy atom. The second-order valence-electron chi connectivity index (χ2n) is 7.24. The predicted molar refractivity (Wildman–Crippen MR) is 107 cm³/mol. The summed E-state index contributed by atoms with van der Waals surface area (Å²) in [6.45, 7) is 1.70. The van der Waals surface area contributed by atoms with Gasteiger partial charge in [-0.2, -0.15) is 0 Å². The quantitative estimate of drug-likeness (QED) is 0.682. The van der Waals surface area contributed by atoms with Crippen LogP contribution >= 0.6 is 0 Å². The third-order valence-electron chi connectivity index (χ3n) is 5.14. The number of anilines is 1. The van der Waals surface area contributed by atoms with E-state index in [0.717, 1.165) is 17.0 Å². The van der Waals surface area contributed by atoms with Crippen molar-refractivity contribution in [3.05, 3.63) is 60.2 Å². The van der Waals surface area contributed by atoms with Gasteiger partial charge in [0.15, 0.2) is 6.29 Å². The van der Waals surface area contributed by atoms with Gasteiger partial charge in [0.05, 0.1) is 12.3 Å². The Hall–Kier alpha value is -2.16. The normalized spacial score (nSPS) is 29.5. The zero-order valence-corrected chi connectivity index (χ0v) is 16.1.